The van der Waals surface area contributed by atoms with E-state index in [1.807, 2.05) is 0 Å². The van der Waals surface area contributed by atoms with Crippen molar-refractivity contribution in [1.82, 2.24) is 0 Å². The summed E-state index contributed by atoms with van der Waals surface area (Å²) < 4.78 is 21.2. The zero-order chi connectivity index (χ0) is 24.2. The van der Waals surface area contributed by atoms with Crippen LogP contribution in [0.3, 0.4) is 0 Å². The highest BCUT2D eigenvalue weighted by atomic mass is 28.4. The van der Waals surface area contributed by atoms with E-state index in [2.05, 4.69) is 26.6 Å². The number of carbonyl (C=O) groups excluding carboxylic acids is 4. The number of esters is 4. The van der Waals surface area contributed by atoms with Crippen LogP contribution in [-0.4, -0.2) is 52.3 Å². The smallest absolute Gasteiger partial charge is 0.323 e. The van der Waals surface area contributed by atoms with E-state index in [1.165, 1.54) is 25.6 Å². The number of cyclic esters (lactones) is 2. The van der Waals surface area contributed by atoms with Crippen LogP contribution in [0.4, 0.5) is 0 Å². The van der Waals surface area contributed by atoms with E-state index in [9.17, 15) is 19.2 Å². The molecule has 0 amide bonds. The van der Waals surface area contributed by atoms with Gasteiger partial charge in [0, 0.05) is 43.6 Å². The first-order chi connectivity index (χ1) is 14.8. The highest BCUT2D eigenvalue weighted by Gasteiger charge is 2.46. The van der Waals surface area contributed by atoms with Crippen LogP contribution in [0.25, 0.3) is 0 Å². The molecule has 2 aliphatic rings. The third-order valence-corrected chi connectivity index (χ3v) is 16.9. The van der Waals surface area contributed by atoms with Crippen molar-refractivity contribution in [3.05, 3.63) is 0 Å². The Morgan fingerprint density at radius 3 is 1.84 bits per heavy atom. The number of carbonyl (C=O) groups is 4. The lowest BCUT2D eigenvalue weighted by atomic mass is 10.0. The van der Waals surface area contributed by atoms with Crippen molar-refractivity contribution in [3.8, 4) is 0 Å². The summed E-state index contributed by atoms with van der Waals surface area (Å²) >= 11 is 0. The molecule has 0 saturated carbocycles. The van der Waals surface area contributed by atoms with Gasteiger partial charge in [-0.05, 0) is 6.42 Å². The fourth-order valence-corrected chi connectivity index (χ4v) is 15.8. The van der Waals surface area contributed by atoms with Gasteiger partial charge >= 0.3 is 23.9 Å². The maximum Gasteiger partial charge on any atom is 0.323 e. The van der Waals surface area contributed by atoms with E-state index in [0.29, 0.717) is 6.42 Å². The molecule has 8 nitrogen and oxygen atoms in total. The normalized spacial score (nSPS) is 28.1. The van der Waals surface area contributed by atoms with Crippen LogP contribution in [0.2, 0.25) is 37.4 Å². The fraction of sp³-hybridized carbons (Fsp3) is 0.818. The van der Waals surface area contributed by atoms with Gasteiger partial charge in [-0.15, -0.1) is 0 Å². The molecule has 0 spiro atoms. The molecule has 0 aliphatic carbocycles. The van der Waals surface area contributed by atoms with Gasteiger partial charge in [-0.2, -0.15) is 0 Å². The van der Waals surface area contributed by atoms with E-state index in [4.69, 9.17) is 18.9 Å². The summed E-state index contributed by atoms with van der Waals surface area (Å²) in [6.45, 7) is 12.4. The lowest BCUT2D eigenvalue weighted by Gasteiger charge is -2.30. The van der Waals surface area contributed by atoms with Gasteiger partial charge in [-0.25, -0.2) is 0 Å². The summed E-state index contributed by atoms with van der Waals surface area (Å²) in [5, 5.41) is 0. The molecular weight excluding hydrogens is 448 g/mol. The Labute approximate surface area is 193 Å². The van der Waals surface area contributed by atoms with Crippen molar-refractivity contribution in [3.63, 3.8) is 0 Å². The lowest BCUT2D eigenvalue weighted by molar-refractivity contribution is -0.220. The topological polar surface area (TPSA) is 105 Å². The zero-order valence-electron chi connectivity index (χ0n) is 20.3. The quantitative estimate of drug-likeness (QED) is 0.247. The molecule has 0 N–H and O–H groups in total. The van der Waals surface area contributed by atoms with Gasteiger partial charge < -0.3 is 18.9 Å². The van der Waals surface area contributed by atoms with Crippen LogP contribution in [0.1, 0.15) is 59.3 Å². The molecule has 0 aromatic carbocycles. The molecule has 3 unspecified atom stereocenters. The molecule has 32 heavy (non-hydrogen) atoms. The highest BCUT2D eigenvalue weighted by Crippen LogP contribution is 2.33. The zero-order valence-corrected chi connectivity index (χ0v) is 22.4. The molecule has 0 bridgehead atoms. The van der Waals surface area contributed by atoms with E-state index in [0.717, 1.165) is 6.04 Å². The predicted octanol–water partition coefficient (Wildman–Crippen LogP) is 3.70. The van der Waals surface area contributed by atoms with Crippen LogP contribution in [0, 0.1) is 5.92 Å². The van der Waals surface area contributed by atoms with Gasteiger partial charge in [0.25, 0.3) is 11.6 Å². The molecule has 2 saturated heterocycles. The molecule has 2 fully saturated rings. The first-order valence-corrected chi connectivity index (χ1v) is 17.9. The van der Waals surface area contributed by atoms with E-state index in [-0.39, 0.29) is 32.1 Å². The van der Waals surface area contributed by atoms with Gasteiger partial charge in [0.1, 0.15) is 0 Å². The molecule has 3 atom stereocenters. The van der Waals surface area contributed by atoms with Crippen LogP contribution in [0.15, 0.2) is 0 Å². The SMILES string of the molecule is CC[Si](C)(CCCC(C(=O)OC1(C)CCC(=O)O1)C(=O)OC1(C)CCC(=O)O1)C[SiH](C)C. The third-order valence-electron chi connectivity index (χ3n) is 6.46. The predicted molar refractivity (Wildman–Crippen MR) is 123 cm³/mol. The summed E-state index contributed by atoms with van der Waals surface area (Å²) in [5.74, 6) is -6.30. The number of rotatable bonds is 11. The molecule has 182 valence electrons. The average Bonchev–Trinajstić information content (AvgIpc) is 3.18. The Hall–Kier alpha value is -1.69. The minimum atomic E-state index is -1.42. The minimum Gasteiger partial charge on any atom is -0.423 e. The van der Waals surface area contributed by atoms with Crippen molar-refractivity contribution in [2.75, 3.05) is 0 Å². The monoisotopic (exact) mass is 486 g/mol. The van der Waals surface area contributed by atoms with Crippen LogP contribution < -0.4 is 0 Å². The highest BCUT2D eigenvalue weighted by molar-refractivity contribution is 6.88. The van der Waals surface area contributed by atoms with Gasteiger partial charge in [-0.3, -0.25) is 19.2 Å². The van der Waals surface area contributed by atoms with Crippen molar-refractivity contribution in [2.24, 2.45) is 5.92 Å². The summed E-state index contributed by atoms with van der Waals surface area (Å²) in [6, 6.07) is 2.18. The molecule has 0 radical (unpaired) electrons. The Bertz CT molecular complexity index is 695. The molecule has 0 aromatic rings. The van der Waals surface area contributed by atoms with Crippen molar-refractivity contribution in [1.29, 1.82) is 0 Å². The second kappa shape index (κ2) is 10.5. The second-order valence-electron chi connectivity index (χ2n) is 10.3. The van der Waals surface area contributed by atoms with Gasteiger partial charge in [-0.1, -0.05) is 50.7 Å². The molecule has 10 heteroatoms. The third kappa shape index (κ3) is 7.43. The second-order valence-corrected chi connectivity index (χ2v) is 19.5. The van der Waals surface area contributed by atoms with Gasteiger partial charge in [0.2, 0.25) is 0 Å². The Kier molecular flexibility index (Phi) is 8.71. The fourth-order valence-electron chi connectivity index (χ4n) is 4.53. The number of ether oxygens (including phenoxy) is 4. The molecule has 0 aromatic heterocycles. The molecule has 2 heterocycles. The summed E-state index contributed by atoms with van der Waals surface area (Å²) in [4.78, 5) is 49.0. The molecular formula is C22H38O8Si2. The standard InChI is InChI=1S/C22H38O8Si2/c1-7-32(6,15-31(4)5)14-8-9-16(19(25)29-21(2)12-10-17(23)27-21)20(26)30-22(3)13-11-18(24)28-22/h16,31H,7-15H2,1-6H3. The molecule has 2 aliphatic heterocycles. The van der Waals surface area contributed by atoms with E-state index < -0.39 is 58.2 Å². The minimum absolute atomic E-state index is 0.159. The Morgan fingerprint density at radius 1 is 1.03 bits per heavy atom. The van der Waals surface area contributed by atoms with Crippen LogP contribution >= 0.6 is 0 Å². The Morgan fingerprint density at radius 2 is 1.50 bits per heavy atom. The first kappa shape index (κ1) is 26.6. The summed E-state index contributed by atoms with van der Waals surface area (Å²) in [5.41, 5.74) is 1.32. The van der Waals surface area contributed by atoms with Crippen LogP contribution in [-0.2, 0) is 38.1 Å². The van der Waals surface area contributed by atoms with Crippen molar-refractivity contribution in [2.45, 2.75) is 108 Å². The molecule has 2 rings (SSSR count). The summed E-state index contributed by atoms with van der Waals surface area (Å²) in [6.07, 6.45) is 1.80. The van der Waals surface area contributed by atoms with E-state index >= 15 is 0 Å². The van der Waals surface area contributed by atoms with Crippen LogP contribution in [0.5, 0.6) is 0 Å². The maximum atomic E-state index is 13.0. The maximum absolute atomic E-state index is 13.0. The van der Waals surface area contributed by atoms with Crippen molar-refractivity contribution >= 4 is 40.7 Å². The van der Waals surface area contributed by atoms with Gasteiger partial charge in [0.15, 0.2) is 5.92 Å². The first-order valence-electron chi connectivity index (χ1n) is 11.7. The number of hydrogen-bond acceptors (Lipinski definition) is 8. The lowest BCUT2D eigenvalue weighted by Crippen LogP contribution is -2.41. The average molecular weight is 487 g/mol. The Balaban J connectivity index is 2.09. The van der Waals surface area contributed by atoms with Crippen molar-refractivity contribution < 1.29 is 38.1 Å². The van der Waals surface area contributed by atoms with E-state index in [1.54, 1.807) is 0 Å². The number of hydrogen-bond donors (Lipinski definition) is 0. The summed E-state index contributed by atoms with van der Waals surface area (Å²) in [7, 11) is -2.14. The van der Waals surface area contributed by atoms with Gasteiger partial charge in [0.05, 0.1) is 12.8 Å². The largest absolute Gasteiger partial charge is 0.423 e.